The van der Waals surface area contributed by atoms with E-state index in [0.717, 1.165) is 25.9 Å². The van der Waals surface area contributed by atoms with Crippen LogP contribution in [0.4, 0.5) is 0 Å². The van der Waals surface area contributed by atoms with Crippen molar-refractivity contribution in [1.82, 2.24) is 19.8 Å². The smallest absolute Gasteiger partial charge is 0.244 e. The SMILES string of the molecule is CCn1nc(C)c(S(=O)(=O)NCC2(COC)CCNCC2)c1C. The predicted molar refractivity (Wildman–Crippen MR) is 89.0 cm³/mol. The van der Waals surface area contributed by atoms with Crippen molar-refractivity contribution in [1.29, 1.82) is 0 Å². The molecule has 7 nitrogen and oxygen atoms in total. The van der Waals surface area contributed by atoms with Crippen LogP contribution in [-0.2, 0) is 21.3 Å². The summed E-state index contributed by atoms with van der Waals surface area (Å²) in [6, 6.07) is 0. The monoisotopic (exact) mass is 344 g/mol. The standard InChI is InChI=1S/C15H28N4O3S/c1-5-19-13(3)14(12(2)18-19)23(20,21)17-10-15(11-22-4)6-8-16-9-7-15/h16-17H,5-11H2,1-4H3. The second-order valence-corrected chi connectivity index (χ2v) is 8.03. The Kier molecular flexibility index (Phi) is 5.83. The quantitative estimate of drug-likeness (QED) is 0.765. The number of aromatic nitrogens is 2. The third kappa shape index (κ3) is 3.93. The summed E-state index contributed by atoms with van der Waals surface area (Å²) in [6.07, 6.45) is 1.80. The summed E-state index contributed by atoms with van der Waals surface area (Å²) in [6.45, 7) is 8.86. The molecule has 132 valence electrons. The number of rotatable bonds is 7. The molecule has 1 fully saturated rings. The zero-order valence-electron chi connectivity index (χ0n) is 14.5. The number of sulfonamides is 1. The second-order valence-electron chi connectivity index (χ2n) is 6.32. The van der Waals surface area contributed by atoms with Gasteiger partial charge in [-0.3, -0.25) is 4.68 Å². The molecule has 0 spiro atoms. The first kappa shape index (κ1) is 18.4. The van der Waals surface area contributed by atoms with Gasteiger partial charge in [-0.25, -0.2) is 13.1 Å². The van der Waals surface area contributed by atoms with Crippen LogP contribution in [0, 0.1) is 19.3 Å². The Labute approximate surface area is 138 Å². The van der Waals surface area contributed by atoms with Crippen molar-refractivity contribution in [3.63, 3.8) is 0 Å². The van der Waals surface area contributed by atoms with Gasteiger partial charge in [0, 0.05) is 25.6 Å². The zero-order valence-corrected chi connectivity index (χ0v) is 15.3. The maximum atomic E-state index is 12.8. The van der Waals surface area contributed by atoms with E-state index >= 15 is 0 Å². The minimum absolute atomic E-state index is 0.143. The molecule has 2 N–H and O–H groups in total. The lowest BCUT2D eigenvalue weighted by molar-refractivity contribution is 0.0577. The minimum atomic E-state index is -3.58. The molecule has 0 saturated carbocycles. The number of nitrogens with zero attached hydrogens (tertiary/aromatic N) is 2. The Hall–Kier alpha value is -0.960. The fraction of sp³-hybridized carbons (Fsp3) is 0.800. The van der Waals surface area contributed by atoms with Crippen molar-refractivity contribution in [2.45, 2.75) is 45.1 Å². The average Bonchev–Trinajstić information content (AvgIpc) is 2.81. The molecular formula is C15H28N4O3S. The Morgan fingerprint density at radius 1 is 1.35 bits per heavy atom. The summed E-state index contributed by atoms with van der Waals surface area (Å²) < 4.78 is 35.4. The average molecular weight is 344 g/mol. The highest BCUT2D eigenvalue weighted by Gasteiger charge is 2.34. The molecule has 0 aliphatic carbocycles. The molecule has 1 aromatic rings. The van der Waals surface area contributed by atoms with Gasteiger partial charge in [-0.1, -0.05) is 0 Å². The summed E-state index contributed by atoms with van der Waals surface area (Å²) in [7, 11) is -1.91. The van der Waals surface area contributed by atoms with E-state index in [-0.39, 0.29) is 5.41 Å². The highest BCUT2D eigenvalue weighted by atomic mass is 32.2. The van der Waals surface area contributed by atoms with Crippen molar-refractivity contribution in [3.8, 4) is 0 Å². The van der Waals surface area contributed by atoms with E-state index in [1.807, 2.05) is 6.92 Å². The van der Waals surface area contributed by atoms with Crippen LogP contribution in [0.3, 0.4) is 0 Å². The topological polar surface area (TPSA) is 85.2 Å². The first-order valence-corrected chi connectivity index (χ1v) is 9.57. The highest BCUT2D eigenvalue weighted by molar-refractivity contribution is 7.89. The van der Waals surface area contributed by atoms with Crippen LogP contribution in [0.2, 0.25) is 0 Å². The molecule has 1 aliphatic rings. The van der Waals surface area contributed by atoms with Crippen molar-refractivity contribution in [2.75, 3.05) is 33.4 Å². The molecule has 0 bridgehead atoms. The zero-order chi connectivity index (χ0) is 17.1. The van der Waals surface area contributed by atoms with Gasteiger partial charge in [-0.05, 0) is 46.7 Å². The lowest BCUT2D eigenvalue weighted by atomic mass is 9.80. The fourth-order valence-electron chi connectivity index (χ4n) is 3.33. The van der Waals surface area contributed by atoms with Gasteiger partial charge in [-0.15, -0.1) is 0 Å². The lowest BCUT2D eigenvalue weighted by Gasteiger charge is -2.37. The van der Waals surface area contributed by atoms with E-state index < -0.39 is 10.0 Å². The number of nitrogens with one attached hydrogen (secondary N) is 2. The van der Waals surface area contributed by atoms with Gasteiger partial charge in [0.1, 0.15) is 4.90 Å². The molecular weight excluding hydrogens is 316 g/mol. The van der Waals surface area contributed by atoms with Crippen LogP contribution in [-0.4, -0.2) is 51.5 Å². The lowest BCUT2D eigenvalue weighted by Crippen LogP contribution is -2.47. The van der Waals surface area contributed by atoms with Gasteiger partial charge in [0.15, 0.2) is 0 Å². The molecule has 2 heterocycles. The maximum Gasteiger partial charge on any atom is 0.244 e. The third-order valence-corrected chi connectivity index (χ3v) is 6.29. The molecule has 1 aromatic heterocycles. The molecule has 0 unspecified atom stereocenters. The van der Waals surface area contributed by atoms with Gasteiger partial charge in [-0.2, -0.15) is 5.10 Å². The van der Waals surface area contributed by atoms with E-state index in [0.29, 0.717) is 36.0 Å². The first-order chi connectivity index (χ1) is 10.9. The molecule has 1 aliphatic heterocycles. The molecule has 0 amide bonds. The van der Waals surface area contributed by atoms with Crippen LogP contribution >= 0.6 is 0 Å². The summed E-state index contributed by atoms with van der Waals surface area (Å²) >= 11 is 0. The van der Waals surface area contributed by atoms with Crippen LogP contribution in [0.25, 0.3) is 0 Å². The summed E-state index contributed by atoms with van der Waals surface area (Å²) in [5.74, 6) is 0. The largest absolute Gasteiger partial charge is 0.384 e. The summed E-state index contributed by atoms with van der Waals surface area (Å²) in [5, 5.41) is 7.62. The van der Waals surface area contributed by atoms with E-state index in [9.17, 15) is 8.42 Å². The Balaban J connectivity index is 2.19. The van der Waals surface area contributed by atoms with Crippen molar-refractivity contribution < 1.29 is 13.2 Å². The molecule has 1 saturated heterocycles. The van der Waals surface area contributed by atoms with Crippen LogP contribution < -0.4 is 10.0 Å². The Morgan fingerprint density at radius 2 is 2.00 bits per heavy atom. The minimum Gasteiger partial charge on any atom is -0.384 e. The molecule has 0 aromatic carbocycles. The molecule has 0 atom stereocenters. The highest BCUT2D eigenvalue weighted by Crippen LogP contribution is 2.29. The van der Waals surface area contributed by atoms with Gasteiger partial charge in [0.2, 0.25) is 10.0 Å². The summed E-state index contributed by atoms with van der Waals surface area (Å²) in [4.78, 5) is 0.306. The summed E-state index contributed by atoms with van der Waals surface area (Å²) in [5.41, 5.74) is 1.09. The maximum absolute atomic E-state index is 12.8. The third-order valence-electron chi connectivity index (χ3n) is 4.64. The van der Waals surface area contributed by atoms with Crippen molar-refractivity contribution >= 4 is 10.0 Å². The van der Waals surface area contributed by atoms with Crippen LogP contribution in [0.5, 0.6) is 0 Å². The van der Waals surface area contributed by atoms with Crippen LogP contribution in [0.15, 0.2) is 4.90 Å². The molecule has 0 radical (unpaired) electrons. The van der Waals surface area contributed by atoms with E-state index in [1.54, 1.807) is 25.6 Å². The number of hydrogen-bond acceptors (Lipinski definition) is 5. The molecule has 8 heteroatoms. The van der Waals surface area contributed by atoms with E-state index in [1.165, 1.54) is 0 Å². The number of hydrogen-bond donors (Lipinski definition) is 2. The number of methoxy groups -OCH3 is 1. The van der Waals surface area contributed by atoms with Crippen molar-refractivity contribution in [3.05, 3.63) is 11.4 Å². The first-order valence-electron chi connectivity index (χ1n) is 8.08. The normalized spacial score (nSPS) is 18.3. The van der Waals surface area contributed by atoms with Gasteiger partial charge in [0.25, 0.3) is 0 Å². The Bertz CT molecular complexity index is 628. The van der Waals surface area contributed by atoms with Gasteiger partial charge in [0.05, 0.1) is 18.0 Å². The van der Waals surface area contributed by atoms with E-state index in [2.05, 4.69) is 15.1 Å². The molecule has 2 rings (SSSR count). The van der Waals surface area contributed by atoms with Crippen molar-refractivity contribution in [2.24, 2.45) is 5.41 Å². The Morgan fingerprint density at radius 3 is 2.52 bits per heavy atom. The fourth-order valence-corrected chi connectivity index (χ4v) is 4.90. The predicted octanol–water partition coefficient (Wildman–Crippen LogP) is 0.814. The van der Waals surface area contributed by atoms with Gasteiger partial charge >= 0.3 is 0 Å². The number of aryl methyl sites for hydroxylation is 2. The molecule has 23 heavy (non-hydrogen) atoms. The second kappa shape index (κ2) is 7.29. The van der Waals surface area contributed by atoms with Crippen LogP contribution in [0.1, 0.15) is 31.2 Å². The number of ether oxygens (including phenoxy) is 1. The number of piperidine rings is 1. The van der Waals surface area contributed by atoms with E-state index in [4.69, 9.17) is 4.74 Å². The van der Waals surface area contributed by atoms with Gasteiger partial charge < -0.3 is 10.1 Å².